The molecular formula is C16H24N2O4. The first kappa shape index (κ1) is 16.6. The summed E-state index contributed by atoms with van der Waals surface area (Å²) >= 11 is 0. The summed E-state index contributed by atoms with van der Waals surface area (Å²) < 4.78 is 10.7. The summed E-state index contributed by atoms with van der Waals surface area (Å²) in [6.45, 7) is 5.11. The monoisotopic (exact) mass is 308 g/mol. The SMILES string of the molecule is COc1ccc(OC)c(CN2CCN(CCC(=O)O)CC2)c1. The van der Waals surface area contributed by atoms with Gasteiger partial charge < -0.3 is 19.5 Å². The lowest BCUT2D eigenvalue weighted by Crippen LogP contribution is -2.46. The highest BCUT2D eigenvalue weighted by Crippen LogP contribution is 2.25. The van der Waals surface area contributed by atoms with Gasteiger partial charge in [-0.05, 0) is 18.2 Å². The highest BCUT2D eigenvalue weighted by Gasteiger charge is 2.18. The molecule has 0 saturated carbocycles. The van der Waals surface area contributed by atoms with Crippen molar-refractivity contribution in [3.05, 3.63) is 23.8 Å². The van der Waals surface area contributed by atoms with Gasteiger partial charge in [0, 0.05) is 44.8 Å². The van der Waals surface area contributed by atoms with Gasteiger partial charge >= 0.3 is 5.97 Å². The number of carboxylic acids is 1. The second-order valence-corrected chi connectivity index (χ2v) is 5.44. The molecule has 22 heavy (non-hydrogen) atoms. The van der Waals surface area contributed by atoms with E-state index in [1.165, 1.54) is 0 Å². The smallest absolute Gasteiger partial charge is 0.304 e. The number of hydrogen-bond donors (Lipinski definition) is 1. The molecular weight excluding hydrogens is 284 g/mol. The van der Waals surface area contributed by atoms with Crippen LogP contribution >= 0.6 is 0 Å². The van der Waals surface area contributed by atoms with Crippen LogP contribution in [0.2, 0.25) is 0 Å². The van der Waals surface area contributed by atoms with Gasteiger partial charge in [-0.25, -0.2) is 0 Å². The van der Waals surface area contributed by atoms with E-state index >= 15 is 0 Å². The number of aliphatic carboxylic acids is 1. The van der Waals surface area contributed by atoms with Crippen molar-refractivity contribution in [1.29, 1.82) is 0 Å². The maximum atomic E-state index is 10.6. The maximum absolute atomic E-state index is 10.6. The minimum atomic E-state index is -0.733. The van der Waals surface area contributed by atoms with E-state index in [0.717, 1.165) is 49.8 Å². The van der Waals surface area contributed by atoms with Crippen LogP contribution in [-0.4, -0.2) is 67.8 Å². The molecule has 6 heteroatoms. The summed E-state index contributed by atoms with van der Waals surface area (Å²) in [5.74, 6) is 0.966. The summed E-state index contributed by atoms with van der Waals surface area (Å²) in [7, 11) is 3.34. The lowest BCUT2D eigenvalue weighted by molar-refractivity contribution is -0.137. The van der Waals surface area contributed by atoms with Crippen molar-refractivity contribution in [3.63, 3.8) is 0 Å². The zero-order valence-electron chi connectivity index (χ0n) is 13.2. The predicted molar refractivity (Wildman–Crippen MR) is 83.5 cm³/mol. The molecule has 1 aliphatic rings. The number of piperazine rings is 1. The van der Waals surface area contributed by atoms with Crippen LogP contribution in [0.15, 0.2) is 18.2 Å². The second-order valence-electron chi connectivity index (χ2n) is 5.44. The van der Waals surface area contributed by atoms with E-state index in [1.807, 2.05) is 18.2 Å². The number of benzene rings is 1. The third kappa shape index (κ3) is 4.61. The Bertz CT molecular complexity index is 499. The Kier molecular flexibility index (Phi) is 6.03. The first-order chi connectivity index (χ1) is 10.6. The summed E-state index contributed by atoms with van der Waals surface area (Å²) in [5, 5.41) is 8.74. The summed E-state index contributed by atoms with van der Waals surface area (Å²) in [5.41, 5.74) is 1.11. The van der Waals surface area contributed by atoms with Crippen LogP contribution in [-0.2, 0) is 11.3 Å². The first-order valence-corrected chi connectivity index (χ1v) is 7.49. The molecule has 1 N–H and O–H groups in total. The van der Waals surface area contributed by atoms with Gasteiger partial charge in [0.1, 0.15) is 11.5 Å². The number of hydrogen-bond acceptors (Lipinski definition) is 5. The topological polar surface area (TPSA) is 62.2 Å². The van der Waals surface area contributed by atoms with Gasteiger partial charge in [0.05, 0.1) is 20.6 Å². The number of methoxy groups -OCH3 is 2. The van der Waals surface area contributed by atoms with Crippen molar-refractivity contribution in [2.75, 3.05) is 46.9 Å². The highest BCUT2D eigenvalue weighted by atomic mass is 16.5. The zero-order valence-corrected chi connectivity index (χ0v) is 13.2. The van der Waals surface area contributed by atoms with Crippen LogP contribution in [0.25, 0.3) is 0 Å². The molecule has 1 fully saturated rings. The third-order valence-corrected chi connectivity index (χ3v) is 3.99. The molecule has 122 valence electrons. The third-order valence-electron chi connectivity index (χ3n) is 3.99. The van der Waals surface area contributed by atoms with E-state index in [2.05, 4.69) is 9.80 Å². The second kappa shape index (κ2) is 8.00. The normalized spacial score (nSPS) is 16.5. The van der Waals surface area contributed by atoms with Crippen LogP contribution in [0.3, 0.4) is 0 Å². The van der Waals surface area contributed by atoms with Crippen LogP contribution in [0.1, 0.15) is 12.0 Å². The lowest BCUT2D eigenvalue weighted by atomic mass is 10.1. The number of ether oxygens (including phenoxy) is 2. The molecule has 6 nitrogen and oxygen atoms in total. The van der Waals surface area contributed by atoms with Crippen molar-refractivity contribution >= 4 is 5.97 Å². The first-order valence-electron chi connectivity index (χ1n) is 7.49. The van der Waals surface area contributed by atoms with Gasteiger partial charge in [0.25, 0.3) is 0 Å². The molecule has 0 radical (unpaired) electrons. The number of carboxylic acid groups (broad SMARTS) is 1. The van der Waals surface area contributed by atoms with Gasteiger partial charge in [-0.15, -0.1) is 0 Å². The van der Waals surface area contributed by atoms with E-state index in [0.29, 0.717) is 6.54 Å². The molecule has 1 aliphatic heterocycles. The average molecular weight is 308 g/mol. The standard InChI is InChI=1S/C16H24N2O4/c1-21-14-3-4-15(22-2)13(11-14)12-18-9-7-17(8-10-18)6-5-16(19)20/h3-4,11H,5-10,12H2,1-2H3,(H,19,20). The number of rotatable bonds is 7. The van der Waals surface area contributed by atoms with E-state index < -0.39 is 5.97 Å². The molecule has 1 aromatic rings. The van der Waals surface area contributed by atoms with Crippen LogP contribution in [0, 0.1) is 0 Å². The maximum Gasteiger partial charge on any atom is 0.304 e. The Labute approximate surface area is 131 Å². The molecule has 0 aliphatic carbocycles. The Hall–Kier alpha value is -1.79. The number of nitrogens with zero attached hydrogens (tertiary/aromatic N) is 2. The van der Waals surface area contributed by atoms with E-state index in [4.69, 9.17) is 14.6 Å². The molecule has 1 heterocycles. The van der Waals surface area contributed by atoms with E-state index in [-0.39, 0.29) is 6.42 Å². The summed E-state index contributed by atoms with van der Waals surface area (Å²) in [4.78, 5) is 15.2. The van der Waals surface area contributed by atoms with Crippen molar-refractivity contribution in [3.8, 4) is 11.5 Å². The van der Waals surface area contributed by atoms with Crippen molar-refractivity contribution in [2.45, 2.75) is 13.0 Å². The molecule has 0 amide bonds. The minimum Gasteiger partial charge on any atom is -0.497 e. The molecule has 0 aromatic heterocycles. The molecule has 0 atom stereocenters. The summed E-state index contributed by atoms with van der Waals surface area (Å²) in [6, 6.07) is 5.83. The van der Waals surface area contributed by atoms with Crippen LogP contribution in [0.4, 0.5) is 0 Å². The average Bonchev–Trinajstić information content (AvgIpc) is 2.54. The molecule has 0 spiro atoms. The van der Waals surface area contributed by atoms with Gasteiger partial charge in [-0.3, -0.25) is 9.69 Å². The Balaban J connectivity index is 1.89. The van der Waals surface area contributed by atoms with Gasteiger partial charge in [-0.2, -0.15) is 0 Å². The molecule has 2 rings (SSSR count). The van der Waals surface area contributed by atoms with Crippen molar-refractivity contribution < 1.29 is 19.4 Å². The lowest BCUT2D eigenvalue weighted by Gasteiger charge is -2.34. The van der Waals surface area contributed by atoms with Gasteiger partial charge in [-0.1, -0.05) is 0 Å². The largest absolute Gasteiger partial charge is 0.497 e. The fourth-order valence-corrected chi connectivity index (χ4v) is 2.67. The Morgan fingerprint density at radius 1 is 1.14 bits per heavy atom. The van der Waals surface area contributed by atoms with Crippen LogP contribution in [0.5, 0.6) is 11.5 Å². The molecule has 1 aromatic carbocycles. The highest BCUT2D eigenvalue weighted by molar-refractivity contribution is 5.66. The molecule has 0 bridgehead atoms. The van der Waals surface area contributed by atoms with Gasteiger partial charge in [0.2, 0.25) is 0 Å². The van der Waals surface area contributed by atoms with Crippen molar-refractivity contribution in [2.24, 2.45) is 0 Å². The van der Waals surface area contributed by atoms with Crippen LogP contribution < -0.4 is 9.47 Å². The Morgan fingerprint density at radius 3 is 2.41 bits per heavy atom. The van der Waals surface area contributed by atoms with Crippen molar-refractivity contribution in [1.82, 2.24) is 9.80 Å². The zero-order chi connectivity index (χ0) is 15.9. The van der Waals surface area contributed by atoms with E-state index in [1.54, 1.807) is 14.2 Å². The quantitative estimate of drug-likeness (QED) is 0.819. The molecule has 0 unspecified atom stereocenters. The fraction of sp³-hybridized carbons (Fsp3) is 0.562. The number of carbonyl (C=O) groups is 1. The molecule has 1 saturated heterocycles. The summed E-state index contributed by atoms with van der Waals surface area (Å²) in [6.07, 6.45) is 0.212. The van der Waals surface area contributed by atoms with E-state index in [9.17, 15) is 4.79 Å². The minimum absolute atomic E-state index is 0.212. The van der Waals surface area contributed by atoms with Gasteiger partial charge in [0.15, 0.2) is 0 Å². The fourth-order valence-electron chi connectivity index (χ4n) is 2.67. The predicted octanol–water partition coefficient (Wildman–Crippen LogP) is 1.30. The Morgan fingerprint density at radius 2 is 1.82 bits per heavy atom.